The van der Waals surface area contributed by atoms with E-state index in [1.54, 1.807) is 0 Å². The maximum absolute atomic E-state index is 12.2. The molecule has 1 amide bonds. The Morgan fingerprint density at radius 1 is 1.45 bits per heavy atom. The van der Waals surface area contributed by atoms with Crippen LogP contribution >= 0.6 is 11.3 Å². The molecule has 1 heterocycles. The molecule has 4 nitrogen and oxygen atoms in total. The molecule has 1 unspecified atom stereocenters. The Balaban J connectivity index is 2.10. The van der Waals surface area contributed by atoms with Gasteiger partial charge in [0.2, 0.25) is 0 Å². The standard InChI is InChI=1S/C15H21NO3S/c1-3-5-11-9(4-2)8-12(20-11)14(17)16-13(15(18)19)10-6-7-10/h8,10,13H,3-7H2,1-2H3,(H,16,17)(H,18,19). The third-order valence-corrected chi connectivity index (χ3v) is 4.86. The summed E-state index contributed by atoms with van der Waals surface area (Å²) in [5.41, 5.74) is 1.21. The molecule has 0 aromatic carbocycles. The minimum atomic E-state index is -0.929. The first-order valence-electron chi connectivity index (χ1n) is 7.22. The van der Waals surface area contributed by atoms with Crippen LogP contribution in [-0.2, 0) is 17.6 Å². The fourth-order valence-electron chi connectivity index (χ4n) is 2.34. The summed E-state index contributed by atoms with van der Waals surface area (Å²) < 4.78 is 0. The highest BCUT2D eigenvalue weighted by Gasteiger charge is 2.37. The number of amides is 1. The molecule has 2 rings (SSSR count). The number of thiophene rings is 1. The lowest BCUT2D eigenvalue weighted by Crippen LogP contribution is -2.42. The van der Waals surface area contributed by atoms with Gasteiger partial charge in [0.05, 0.1) is 4.88 Å². The molecular formula is C15H21NO3S. The maximum Gasteiger partial charge on any atom is 0.326 e. The van der Waals surface area contributed by atoms with Gasteiger partial charge in [0.15, 0.2) is 0 Å². The van der Waals surface area contributed by atoms with E-state index in [1.165, 1.54) is 21.8 Å². The number of rotatable bonds is 7. The highest BCUT2D eigenvalue weighted by Crippen LogP contribution is 2.33. The number of carboxylic acid groups (broad SMARTS) is 1. The van der Waals surface area contributed by atoms with Gasteiger partial charge in [-0.05, 0) is 43.2 Å². The molecule has 2 N–H and O–H groups in total. The van der Waals surface area contributed by atoms with Gasteiger partial charge < -0.3 is 10.4 Å². The highest BCUT2D eigenvalue weighted by molar-refractivity contribution is 7.14. The number of carbonyl (C=O) groups excluding carboxylic acids is 1. The first-order valence-corrected chi connectivity index (χ1v) is 8.03. The Morgan fingerprint density at radius 2 is 2.15 bits per heavy atom. The second kappa shape index (κ2) is 6.39. The second-order valence-corrected chi connectivity index (χ2v) is 6.43. The Morgan fingerprint density at radius 3 is 2.65 bits per heavy atom. The van der Waals surface area contributed by atoms with Crippen LogP contribution in [0.5, 0.6) is 0 Å². The summed E-state index contributed by atoms with van der Waals surface area (Å²) in [6.45, 7) is 4.19. The van der Waals surface area contributed by atoms with Crippen LogP contribution < -0.4 is 5.32 Å². The number of aryl methyl sites for hydroxylation is 2. The fraction of sp³-hybridized carbons (Fsp3) is 0.600. The Hall–Kier alpha value is -1.36. The van der Waals surface area contributed by atoms with Crippen LogP contribution in [0.4, 0.5) is 0 Å². The number of nitrogens with one attached hydrogen (secondary N) is 1. The molecule has 0 bridgehead atoms. The van der Waals surface area contributed by atoms with Crippen molar-refractivity contribution < 1.29 is 14.7 Å². The smallest absolute Gasteiger partial charge is 0.326 e. The summed E-state index contributed by atoms with van der Waals surface area (Å²) in [6.07, 6.45) is 4.72. The van der Waals surface area contributed by atoms with Crippen LogP contribution in [0.3, 0.4) is 0 Å². The normalized spacial score (nSPS) is 15.9. The Labute approximate surface area is 123 Å². The summed E-state index contributed by atoms with van der Waals surface area (Å²) in [4.78, 5) is 25.3. The van der Waals surface area contributed by atoms with E-state index in [1.807, 2.05) is 6.07 Å². The van der Waals surface area contributed by atoms with E-state index in [2.05, 4.69) is 19.2 Å². The van der Waals surface area contributed by atoms with Crippen LogP contribution in [0.25, 0.3) is 0 Å². The second-order valence-electron chi connectivity index (χ2n) is 5.29. The fourth-order valence-corrected chi connectivity index (χ4v) is 3.60. The lowest BCUT2D eigenvalue weighted by atomic mass is 10.1. The molecule has 5 heteroatoms. The monoisotopic (exact) mass is 295 g/mol. The van der Waals surface area contributed by atoms with Gasteiger partial charge in [-0.2, -0.15) is 0 Å². The van der Waals surface area contributed by atoms with Crippen LogP contribution in [0.2, 0.25) is 0 Å². The van der Waals surface area contributed by atoms with Crippen molar-refractivity contribution in [3.63, 3.8) is 0 Å². The molecule has 0 spiro atoms. The maximum atomic E-state index is 12.2. The summed E-state index contributed by atoms with van der Waals surface area (Å²) in [6, 6.07) is 1.18. The van der Waals surface area contributed by atoms with E-state index < -0.39 is 12.0 Å². The van der Waals surface area contributed by atoms with E-state index in [4.69, 9.17) is 5.11 Å². The summed E-state index contributed by atoms with van der Waals surface area (Å²) in [5, 5.41) is 11.8. The largest absolute Gasteiger partial charge is 0.480 e. The predicted octanol–water partition coefficient (Wildman–Crippen LogP) is 2.86. The summed E-state index contributed by atoms with van der Waals surface area (Å²) in [5.74, 6) is -1.06. The molecule has 1 aliphatic rings. The zero-order valence-corrected chi connectivity index (χ0v) is 12.8. The van der Waals surface area contributed by atoms with Crippen molar-refractivity contribution in [3.8, 4) is 0 Å². The molecule has 1 saturated carbocycles. The molecule has 1 fully saturated rings. The van der Waals surface area contributed by atoms with Gasteiger partial charge in [-0.25, -0.2) is 4.79 Å². The van der Waals surface area contributed by atoms with Crippen molar-refractivity contribution in [2.45, 2.75) is 52.0 Å². The summed E-state index contributed by atoms with van der Waals surface area (Å²) >= 11 is 1.50. The minimum Gasteiger partial charge on any atom is -0.480 e. The SMILES string of the molecule is CCCc1sc(C(=O)NC(C(=O)O)C2CC2)cc1CC. The zero-order chi connectivity index (χ0) is 14.7. The molecule has 110 valence electrons. The molecule has 0 saturated heterocycles. The van der Waals surface area contributed by atoms with Gasteiger partial charge >= 0.3 is 5.97 Å². The van der Waals surface area contributed by atoms with Crippen molar-refractivity contribution in [2.24, 2.45) is 5.92 Å². The molecule has 1 atom stereocenters. The molecule has 1 aliphatic carbocycles. The zero-order valence-electron chi connectivity index (χ0n) is 11.9. The van der Waals surface area contributed by atoms with Crippen molar-refractivity contribution in [3.05, 3.63) is 21.4 Å². The van der Waals surface area contributed by atoms with E-state index in [9.17, 15) is 9.59 Å². The molecule has 1 aromatic heterocycles. The van der Waals surface area contributed by atoms with Crippen LogP contribution in [-0.4, -0.2) is 23.0 Å². The number of aliphatic carboxylic acids is 1. The topological polar surface area (TPSA) is 66.4 Å². The number of hydrogen-bond acceptors (Lipinski definition) is 3. The predicted molar refractivity (Wildman–Crippen MR) is 79.3 cm³/mol. The first-order chi connectivity index (χ1) is 9.56. The van der Waals surface area contributed by atoms with Gasteiger partial charge in [-0.15, -0.1) is 11.3 Å². The summed E-state index contributed by atoms with van der Waals surface area (Å²) in [7, 11) is 0. The Bertz CT molecular complexity index is 505. The van der Waals surface area contributed by atoms with Crippen molar-refractivity contribution in [1.82, 2.24) is 5.32 Å². The average molecular weight is 295 g/mol. The van der Waals surface area contributed by atoms with Gasteiger partial charge in [0.1, 0.15) is 6.04 Å². The van der Waals surface area contributed by atoms with Crippen molar-refractivity contribution in [2.75, 3.05) is 0 Å². The van der Waals surface area contributed by atoms with Gasteiger partial charge in [0, 0.05) is 4.88 Å². The van der Waals surface area contributed by atoms with E-state index in [-0.39, 0.29) is 11.8 Å². The molecule has 0 radical (unpaired) electrons. The average Bonchev–Trinajstić information content (AvgIpc) is 3.16. The van der Waals surface area contributed by atoms with Crippen LogP contribution in [0, 0.1) is 5.92 Å². The van der Waals surface area contributed by atoms with Gasteiger partial charge in [-0.3, -0.25) is 4.79 Å². The number of carbonyl (C=O) groups is 2. The van der Waals surface area contributed by atoms with Crippen molar-refractivity contribution >= 4 is 23.2 Å². The van der Waals surface area contributed by atoms with Gasteiger partial charge in [-0.1, -0.05) is 20.3 Å². The third-order valence-electron chi connectivity index (χ3n) is 3.62. The Kier molecular flexibility index (Phi) is 4.81. The molecule has 1 aromatic rings. The minimum absolute atomic E-state index is 0.108. The third kappa shape index (κ3) is 3.39. The lowest BCUT2D eigenvalue weighted by Gasteiger charge is -2.12. The van der Waals surface area contributed by atoms with Crippen LogP contribution in [0.1, 0.15) is 53.2 Å². The molecule has 0 aliphatic heterocycles. The van der Waals surface area contributed by atoms with E-state index >= 15 is 0 Å². The highest BCUT2D eigenvalue weighted by atomic mass is 32.1. The molecular weight excluding hydrogens is 274 g/mol. The van der Waals surface area contributed by atoms with Gasteiger partial charge in [0.25, 0.3) is 5.91 Å². The van der Waals surface area contributed by atoms with E-state index in [0.717, 1.165) is 32.1 Å². The quantitative estimate of drug-likeness (QED) is 0.813. The molecule has 20 heavy (non-hydrogen) atoms. The number of hydrogen-bond donors (Lipinski definition) is 2. The first kappa shape index (κ1) is 15.0. The van der Waals surface area contributed by atoms with E-state index in [0.29, 0.717) is 4.88 Å². The van der Waals surface area contributed by atoms with Crippen molar-refractivity contribution in [1.29, 1.82) is 0 Å². The lowest BCUT2D eigenvalue weighted by molar-refractivity contribution is -0.139. The number of carboxylic acids is 1. The van der Waals surface area contributed by atoms with Crippen LogP contribution in [0.15, 0.2) is 6.07 Å².